The highest BCUT2D eigenvalue weighted by Crippen LogP contribution is 2.45. The fourth-order valence-corrected chi connectivity index (χ4v) is 4.58. The second kappa shape index (κ2) is 11.2. The summed E-state index contributed by atoms with van der Waals surface area (Å²) in [7, 11) is 0. The number of benzene rings is 2. The van der Waals surface area contributed by atoms with E-state index in [1.165, 1.54) is 0 Å². The summed E-state index contributed by atoms with van der Waals surface area (Å²) in [6, 6.07) is 11.3. The van der Waals surface area contributed by atoms with Crippen molar-refractivity contribution < 1.29 is 31.1 Å². The molecule has 0 bridgehead atoms. The Morgan fingerprint density at radius 1 is 0.943 bits per heavy atom. The number of nitrogens with one attached hydrogen (secondary N) is 2. The lowest BCUT2D eigenvalue weighted by Gasteiger charge is -2.32. The smallest absolute Gasteiger partial charge is 0.352 e. The molecule has 1 aliphatic carbocycles. The fourth-order valence-electron chi connectivity index (χ4n) is 4.58. The van der Waals surface area contributed by atoms with Crippen LogP contribution in [-0.2, 0) is 30.2 Å². The molecule has 0 spiro atoms. The summed E-state index contributed by atoms with van der Waals surface area (Å²) < 4.78 is 78.7. The molecular formula is C25H29ClF6N2O. The molecule has 1 saturated carbocycles. The van der Waals surface area contributed by atoms with Gasteiger partial charge in [0.1, 0.15) is 0 Å². The zero-order valence-electron chi connectivity index (χ0n) is 19.4. The van der Waals surface area contributed by atoms with Gasteiger partial charge in [-0.05, 0) is 54.5 Å². The van der Waals surface area contributed by atoms with Gasteiger partial charge in [0.25, 0.3) is 0 Å². The second-order valence-electron chi connectivity index (χ2n) is 9.21. The van der Waals surface area contributed by atoms with E-state index >= 15 is 0 Å². The standard InChI is InChI=1S/C25H28F6N2O.ClH/c1-16(2)23(9-8-21(13-23)32-14-17-6-4-3-5-7-17)22(34)33-15-18-10-19(24(26,27)28)12-20(11-18)25(29,30)31;/h3-7,10-12,16,21,32H,8-9,13-15H2,1-2H3,(H,33,34);1H/t21-,23+;/m1./s1. The maximum Gasteiger partial charge on any atom is 0.416 e. The number of hydrogen-bond donors (Lipinski definition) is 2. The summed E-state index contributed by atoms with van der Waals surface area (Å²) in [4.78, 5) is 13.2. The minimum absolute atomic E-state index is 0. The lowest BCUT2D eigenvalue weighted by molar-refractivity contribution is -0.143. The Kier molecular flexibility index (Phi) is 9.27. The van der Waals surface area contributed by atoms with Gasteiger partial charge in [-0.1, -0.05) is 44.2 Å². The van der Waals surface area contributed by atoms with Crippen LogP contribution in [0.2, 0.25) is 0 Å². The SMILES string of the molecule is CC(C)[C@]1(C(=O)NCc2cc(C(F)(F)F)cc(C(F)(F)F)c2)CC[C@@H](NCc2ccccc2)C1.Cl. The van der Waals surface area contributed by atoms with E-state index in [1.54, 1.807) is 0 Å². The highest BCUT2D eigenvalue weighted by molar-refractivity contribution is 5.85. The summed E-state index contributed by atoms with van der Waals surface area (Å²) in [5, 5.41) is 6.07. The molecule has 35 heavy (non-hydrogen) atoms. The van der Waals surface area contributed by atoms with Crippen LogP contribution in [0.5, 0.6) is 0 Å². The van der Waals surface area contributed by atoms with E-state index in [4.69, 9.17) is 0 Å². The summed E-state index contributed by atoms with van der Waals surface area (Å²) in [6.45, 7) is 4.05. The third-order valence-corrected chi connectivity index (χ3v) is 6.65. The molecular weight excluding hydrogens is 494 g/mol. The van der Waals surface area contributed by atoms with Gasteiger partial charge in [-0.25, -0.2) is 0 Å². The molecule has 2 N–H and O–H groups in total. The van der Waals surface area contributed by atoms with E-state index in [0.717, 1.165) is 12.0 Å². The molecule has 0 radical (unpaired) electrons. The van der Waals surface area contributed by atoms with Crippen LogP contribution in [0.15, 0.2) is 48.5 Å². The minimum atomic E-state index is -4.93. The number of carbonyl (C=O) groups is 1. The molecule has 194 valence electrons. The van der Waals surface area contributed by atoms with E-state index < -0.39 is 35.4 Å². The highest BCUT2D eigenvalue weighted by Gasteiger charge is 2.47. The lowest BCUT2D eigenvalue weighted by Crippen LogP contribution is -2.43. The van der Waals surface area contributed by atoms with Crippen LogP contribution in [0, 0.1) is 11.3 Å². The van der Waals surface area contributed by atoms with Crippen LogP contribution in [0.4, 0.5) is 26.3 Å². The fraction of sp³-hybridized carbons (Fsp3) is 0.480. The first kappa shape index (κ1) is 29.0. The maximum absolute atomic E-state index is 13.2. The molecule has 3 nitrogen and oxygen atoms in total. The van der Waals surface area contributed by atoms with Gasteiger partial charge in [0.15, 0.2) is 0 Å². The van der Waals surface area contributed by atoms with Crippen LogP contribution < -0.4 is 10.6 Å². The first-order valence-corrected chi connectivity index (χ1v) is 11.2. The molecule has 1 amide bonds. The summed E-state index contributed by atoms with van der Waals surface area (Å²) in [5.41, 5.74) is -2.67. The van der Waals surface area contributed by atoms with Crippen LogP contribution in [-0.4, -0.2) is 11.9 Å². The predicted octanol–water partition coefficient (Wildman–Crippen LogP) is 6.75. The van der Waals surface area contributed by atoms with E-state index in [9.17, 15) is 31.1 Å². The third-order valence-electron chi connectivity index (χ3n) is 6.65. The second-order valence-corrected chi connectivity index (χ2v) is 9.21. The molecule has 0 aliphatic heterocycles. The van der Waals surface area contributed by atoms with Crippen molar-refractivity contribution in [2.75, 3.05) is 0 Å². The van der Waals surface area contributed by atoms with Crippen molar-refractivity contribution in [2.45, 2.75) is 64.6 Å². The molecule has 0 aromatic heterocycles. The number of carbonyl (C=O) groups excluding carboxylic acids is 1. The van der Waals surface area contributed by atoms with E-state index in [1.807, 2.05) is 44.2 Å². The van der Waals surface area contributed by atoms with Gasteiger partial charge in [-0.2, -0.15) is 26.3 Å². The van der Waals surface area contributed by atoms with Gasteiger partial charge in [0.2, 0.25) is 5.91 Å². The normalized spacial score (nSPS) is 20.5. The molecule has 0 saturated heterocycles. The van der Waals surface area contributed by atoms with Crippen molar-refractivity contribution >= 4 is 18.3 Å². The van der Waals surface area contributed by atoms with Gasteiger partial charge >= 0.3 is 12.4 Å². The Labute approximate surface area is 207 Å². The quantitative estimate of drug-likeness (QED) is 0.395. The highest BCUT2D eigenvalue weighted by atomic mass is 35.5. The average Bonchev–Trinajstić information content (AvgIpc) is 3.21. The number of halogens is 7. The predicted molar refractivity (Wildman–Crippen MR) is 124 cm³/mol. The molecule has 10 heteroatoms. The van der Waals surface area contributed by atoms with Crippen molar-refractivity contribution in [2.24, 2.45) is 11.3 Å². The molecule has 1 aliphatic rings. The van der Waals surface area contributed by atoms with E-state index in [2.05, 4.69) is 10.6 Å². The Balaban J connectivity index is 0.00000432. The van der Waals surface area contributed by atoms with Crippen LogP contribution >= 0.6 is 12.4 Å². The minimum Gasteiger partial charge on any atom is -0.352 e. The third kappa shape index (κ3) is 7.13. The number of rotatable bonds is 7. The first-order chi connectivity index (χ1) is 15.8. The molecule has 2 atom stereocenters. The largest absolute Gasteiger partial charge is 0.416 e. The van der Waals surface area contributed by atoms with E-state index in [-0.39, 0.29) is 41.9 Å². The number of hydrogen-bond acceptors (Lipinski definition) is 2. The zero-order chi connectivity index (χ0) is 25.1. The summed E-state index contributed by atoms with van der Waals surface area (Å²) in [6.07, 6.45) is -7.98. The molecule has 0 heterocycles. The van der Waals surface area contributed by atoms with Crippen LogP contribution in [0.25, 0.3) is 0 Å². The Morgan fingerprint density at radius 3 is 2.03 bits per heavy atom. The Morgan fingerprint density at radius 2 is 1.51 bits per heavy atom. The molecule has 3 rings (SSSR count). The van der Waals surface area contributed by atoms with Gasteiger partial charge in [-0.3, -0.25) is 4.79 Å². The topological polar surface area (TPSA) is 41.1 Å². The van der Waals surface area contributed by atoms with Crippen molar-refractivity contribution in [1.29, 1.82) is 0 Å². The number of amides is 1. The van der Waals surface area contributed by atoms with Crippen molar-refractivity contribution in [1.82, 2.24) is 10.6 Å². The monoisotopic (exact) mass is 522 g/mol. The molecule has 2 aromatic rings. The van der Waals surface area contributed by atoms with Gasteiger partial charge in [-0.15, -0.1) is 12.4 Å². The maximum atomic E-state index is 13.2. The van der Waals surface area contributed by atoms with Gasteiger partial charge < -0.3 is 10.6 Å². The van der Waals surface area contributed by atoms with E-state index in [0.29, 0.717) is 31.5 Å². The van der Waals surface area contributed by atoms with Crippen molar-refractivity contribution in [3.63, 3.8) is 0 Å². The van der Waals surface area contributed by atoms with Gasteiger partial charge in [0, 0.05) is 19.1 Å². The zero-order valence-corrected chi connectivity index (χ0v) is 20.2. The molecule has 1 fully saturated rings. The first-order valence-electron chi connectivity index (χ1n) is 11.2. The lowest BCUT2D eigenvalue weighted by atomic mass is 9.74. The summed E-state index contributed by atoms with van der Waals surface area (Å²) in [5.74, 6) is -0.402. The van der Waals surface area contributed by atoms with Crippen LogP contribution in [0.3, 0.4) is 0 Å². The molecule has 0 unspecified atom stereocenters. The van der Waals surface area contributed by atoms with Crippen molar-refractivity contribution in [3.8, 4) is 0 Å². The molecule has 2 aromatic carbocycles. The Bertz CT molecular complexity index is 961. The number of alkyl halides is 6. The van der Waals surface area contributed by atoms with Crippen molar-refractivity contribution in [3.05, 3.63) is 70.8 Å². The van der Waals surface area contributed by atoms with Gasteiger partial charge in [0.05, 0.1) is 16.5 Å². The van der Waals surface area contributed by atoms with Crippen LogP contribution in [0.1, 0.15) is 55.4 Å². The average molecular weight is 523 g/mol. The Hall–Kier alpha value is -2.26. The summed E-state index contributed by atoms with van der Waals surface area (Å²) >= 11 is 0.